The molecule has 5 heteroatoms. The lowest BCUT2D eigenvalue weighted by molar-refractivity contribution is -0.122. The Bertz CT molecular complexity index is 245. The molecule has 15 heavy (non-hydrogen) atoms. The van der Waals surface area contributed by atoms with E-state index in [9.17, 15) is 9.59 Å². The lowest BCUT2D eigenvalue weighted by atomic mass is 9.82. The predicted octanol–water partition coefficient (Wildman–Crippen LogP) is 1.71. The smallest absolute Gasteiger partial charge is 0.407 e. The van der Waals surface area contributed by atoms with Crippen molar-refractivity contribution in [3.8, 4) is 0 Å². The van der Waals surface area contributed by atoms with E-state index in [1.807, 2.05) is 0 Å². The number of Topliss-reactive ketones (excluding diaryl/α,β-unsaturated/α-hetero) is 1. The van der Waals surface area contributed by atoms with Crippen molar-refractivity contribution in [1.29, 1.82) is 0 Å². The van der Waals surface area contributed by atoms with Crippen LogP contribution in [-0.2, 0) is 9.53 Å². The molecule has 1 N–H and O–H groups in total. The van der Waals surface area contributed by atoms with Gasteiger partial charge in [-0.15, -0.1) is 11.6 Å². The summed E-state index contributed by atoms with van der Waals surface area (Å²) < 4.78 is 4.52. The molecule has 0 aromatic rings. The Balaban J connectivity index is 2.57. The third kappa shape index (κ3) is 3.38. The number of ketones is 1. The number of carbonyl (C=O) groups excluding carboxylic acids is 2. The molecule has 0 aromatic heterocycles. The fourth-order valence-electron chi connectivity index (χ4n) is 2.00. The molecule has 0 aromatic carbocycles. The lowest BCUT2D eigenvalue weighted by Crippen LogP contribution is -2.45. The van der Waals surface area contributed by atoms with Gasteiger partial charge in [0.1, 0.15) is 0 Å². The number of ether oxygens (including phenoxy) is 1. The number of alkyl halides is 1. The number of hydrogen-bond donors (Lipinski definition) is 1. The van der Waals surface area contributed by atoms with E-state index in [1.165, 1.54) is 7.11 Å². The Morgan fingerprint density at radius 2 is 2.07 bits per heavy atom. The van der Waals surface area contributed by atoms with Gasteiger partial charge in [-0.2, -0.15) is 0 Å². The lowest BCUT2D eigenvalue weighted by Gasteiger charge is -2.30. The quantitative estimate of drug-likeness (QED) is 0.755. The van der Waals surface area contributed by atoms with Gasteiger partial charge in [-0.25, -0.2) is 4.79 Å². The van der Waals surface area contributed by atoms with E-state index >= 15 is 0 Å². The van der Waals surface area contributed by atoms with E-state index in [4.69, 9.17) is 11.6 Å². The first-order valence-electron chi connectivity index (χ1n) is 5.12. The van der Waals surface area contributed by atoms with Crippen LogP contribution >= 0.6 is 11.6 Å². The highest BCUT2D eigenvalue weighted by molar-refractivity contribution is 6.28. The second kappa shape index (κ2) is 5.95. The minimum Gasteiger partial charge on any atom is -0.453 e. The molecule has 0 aliphatic heterocycles. The molecule has 1 fully saturated rings. The monoisotopic (exact) mass is 233 g/mol. The molecule has 0 heterocycles. The van der Waals surface area contributed by atoms with E-state index in [0.717, 1.165) is 25.7 Å². The van der Waals surface area contributed by atoms with Crippen molar-refractivity contribution in [2.45, 2.75) is 31.7 Å². The summed E-state index contributed by atoms with van der Waals surface area (Å²) in [5.74, 6) is -0.113. The number of nitrogens with one attached hydrogen (secondary N) is 1. The van der Waals surface area contributed by atoms with Crippen LogP contribution in [0.2, 0.25) is 0 Å². The number of rotatable bonds is 3. The van der Waals surface area contributed by atoms with Gasteiger partial charge in [0.15, 0.2) is 5.78 Å². The van der Waals surface area contributed by atoms with Gasteiger partial charge in [0.05, 0.1) is 13.0 Å². The highest BCUT2D eigenvalue weighted by atomic mass is 35.5. The fraction of sp³-hybridized carbons (Fsp3) is 0.800. The van der Waals surface area contributed by atoms with Crippen molar-refractivity contribution < 1.29 is 14.3 Å². The van der Waals surface area contributed by atoms with Crippen LogP contribution in [0.3, 0.4) is 0 Å². The van der Waals surface area contributed by atoms with Crippen LogP contribution in [0.4, 0.5) is 4.79 Å². The maximum atomic E-state index is 11.5. The summed E-state index contributed by atoms with van der Waals surface area (Å²) in [6.45, 7) is 0. The van der Waals surface area contributed by atoms with Crippen LogP contribution in [0, 0.1) is 5.92 Å². The second-order valence-corrected chi connectivity index (χ2v) is 4.00. The SMILES string of the molecule is COC(=O)NC1CCCCC1C(=O)CCl. The number of methoxy groups -OCH3 is 1. The number of hydrogen-bond acceptors (Lipinski definition) is 3. The Hall–Kier alpha value is -0.770. The van der Waals surface area contributed by atoms with E-state index in [1.54, 1.807) is 0 Å². The molecule has 1 amide bonds. The standard InChI is InChI=1S/C10H16ClNO3/c1-15-10(14)12-8-5-3-2-4-7(8)9(13)6-11/h7-8H,2-6H2,1H3,(H,12,14). The van der Waals surface area contributed by atoms with Crippen LogP contribution in [0.5, 0.6) is 0 Å². The number of halogens is 1. The Labute approximate surface area is 94.3 Å². The molecule has 2 atom stereocenters. The normalized spacial score (nSPS) is 25.7. The van der Waals surface area contributed by atoms with Crippen LogP contribution in [0.25, 0.3) is 0 Å². The second-order valence-electron chi connectivity index (χ2n) is 3.73. The van der Waals surface area contributed by atoms with Crippen molar-refractivity contribution in [3.63, 3.8) is 0 Å². The number of carbonyl (C=O) groups is 2. The molecule has 1 rings (SSSR count). The molecule has 86 valence electrons. The number of alkyl carbamates (subject to hydrolysis) is 1. The molecule has 0 spiro atoms. The first-order chi connectivity index (χ1) is 7.19. The summed E-state index contributed by atoms with van der Waals surface area (Å²) in [5, 5.41) is 2.69. The molecule has 1 saturated carbocycles. The van der Waals surface area contributed by atoms with E-state index in [-0.39, 0.29) is 23.6 Å². The van der Waals surface area contributed by atoms with Crippen molar-refractivity contribution in [2.24, 2.45) is 5.92 Å². The van der Waals surface area contributed by atoms with Gasteiger partial charge in [-0.05, 0) is 12.8 Å². The summed E-state index contributed by atoms with van der Waals surface area (Å²) in [5.41, 5.74) is 0. The van der Waals surface area contributed by atoms with Crippen LogP contribution in [0.1, 0.15) is 25.7 Å². The van der Waals surface area contributed by atoms with Gasteiger partial charge in [0, 0.05) is 12.0 Å². The molecule has 1 aliphatic carbocycles. The first kappa shape index (κ1) is 12.3. The average molecular weight is 234 g/mol. The summed E-state index contributed by atoms with van der Waals surface area (Å²) >= 11 is 5.53. The van der Waals surface area contributed by atoms with Crippen molar-refractivity contribution in [3.05, 3.63) is 0 Å². The zero-order chi connectivity index (χ0) is 11.3. The molecule has 0 saturated heterocycles. The maximum Gasteiger partial charge on any atom is 0.407 e. The number of amides is 1. The van der Waals surface area contributed by atoms with Gasteiger partial charge < -0.3 is 10.1 Å². The first-order valence-corrected chi connectivity index (χ1v) is 5.65. The van der Waals surface area contributed by atoms with Crippen LogP contribution in [0.15, 0.2) is 0 Å². The highest BCUT2D eigenvalue weighted by Gasteiger charge is 2.31. The van der Waals surface area contributed by atoms with Gasteiger partial charge in [0.25, 0.3) is 0 Å². The molecule has 0 bridgehead atoms. The van der Waals surface area contributed by atoms with E-state index in [2.05, 4.69) is 10.1 Å². The molecule has 0 radical (unpaired) electrons. The zero-order valence-electron chi connectivity index (χ0n) is 8.79. The summed E-state index contributed by atoms with van der Waals surface area (Å²) in [6.07, 6.45) is 3.20. The summed E-state index contributed by atoms with van der Waals surface area (Å²) in [4.78, 5) is 22.6. The zero-order valence-corrected chi connectivity index (χ0v) is 9.55. The topological polar surface area (TPSA) is 55.4 Å². The van der Waals surface area contributed by atoms with Crippen molar-refractivity contribution in [2.75, 3.05) is 13.0 Å². The predicted molar refractivity (Wildman–Crippen MR) is 57.0 cm³/mol. The minimum atomic E-state index is -0.478. The van der Waals surface area contributed by atoms with Gasteiger partial charge in [-0.3, -0.25) is 4.79 Å². The fourth-order valence-corrected chi connectivity index (χ4v) is 2.20. The Morgan fingerprint density at radius 1 is 1.40 bits per heavy atom. The summed E-state index contributed by atoms with van der Waals surface area (Å²) in [7, 11) is 1.32. The van der Waals surface area contributed by atoms with E-state index in [0.29, 0.717) is 0 Å². The third-order valence-electron chi connectivity index (χ3n) is 2.80. The van der Waals surface area contributed by atoms with Crippen molar-refractivity contribution >= 4 is 23.5 Å². The van der Waals surface area contributed by atoms with E-state index < -0.39 is 6.09 Å². The minimum absolute atomic E-state index is 0.0118. The molecular formula is C10H16ClNO3. The highest BCUT2D eigenvalue weighted by Crippen LogP contribution is 2.25. The van der Waals surface area contributed by atoms with Crippen LogP contribution in [-0.4, -0.2) is 30.9 Å². The maximum absolute atomic E-state index is 11.5. The average Bonchev–Trinajstić information content (AvgIpc) is 2.28. The van der Waals surface area contributed by atoms with Crippen molar-refractivity contribution in [1.82, 2.24) is 5.32 Å². The Morgan fingerprint density at radius 3 is 2.67 bits per heavy atom. The largest absolute Gasteiger partial charge is 0.453 e. The van der Waals surface area contributed by atoms with Crippen LogP contribution < -0.4 is 5.32 Å². The van der Waals surface area contributed by atoms with Gasteiger partial charge in [0.2, 0.25) is 0 Å². The molecular weight excluding hydrogens is 218 g/mol. The van der Waals surface area contributed by atoms with Gasteiger partial charge in [-0.1, -0.05) is 12.8 Å². The Kier molecular flexibility index (Phi) is 4.88. The molecule has 2 unspecified atom stereocenters. The molecule has 4 nitrogen and oxygen atoms in total. The van der Waals surface area contributed by atoms with Gasteiger partial charge >= 0.3 is 6.09 Å². The third-order valence-corrected chi connectivity index (χ3v) is 3.06. The summed E-state index contributed by atoms with van der Waals surface area (Å²) in [6, 6.07) is -0.113. The molecule has 1 aliphatic rings.